The van der Waals surface area contributed by atoms with Gasteiger partial charge in [-0.3, -0.25) is 9.69 Å². The Hall–Kier alpha value is -2.77. The van der Waals surface area contributed by atoms with Gasteiger partial charge in [0.1, 0.15) is 5.82 Å². The standard InChI is InChI=1S/C22H22F2N2O3/c1-14-17-3-2-4-18(24)21(17)29-20(14)22(27)25-13-19(26-9-11-28-12-10-26)15-5-7-16(23)8-6-15/h2-8,19H,9-13H2,1H3,(H,25,27). The normalized spacial score (nSPS) is 16.1. The lowest BCUT2D eigenvalue weighted by Gasteiger charge is -2.34. The van der Waals surface area contributed by atoms with Crippen molar-refractivity contribution in [2.24, 2.45) is 0 Å². The van der Waals surface area contributed by atoms with Gasteiger partial charge in [0.25, 0.3) is 5.91 Å². The Morgan fingerprint density at radius 1 is 1.14 bits per heavy atom. The van der Waals surface area contributed by atoms with Crippen LogP contribution in [-0.2, 0) is 4.74 Å². The number of hydrogen-bond donors (Lipinski definition) is 1. The summed E-state index contributed by atoms with van der Waals surface area (Å²) in [6, 6.07) is 10.8. The van der Waals surface area contributed by atoms with E-state index in [2.05, 4.69) is 10.2 Å². The first-order chi connectivity index (χ1) is 14.0. The van der Waals surface area contributed by atoms with Crippen molar-refractivity contribution in [1.29, 1.82) is 0 Å². The molecule has 1 fully saturated rings. The maximum atomic E-state index is 14.0. The highest BCUT2D eigenvalue weighted by Gasteiger charge is 2.25. The van der Waals surface area contributed by atoms with E-state index in [0.717, 1.165) is 5.56 Å². The van der Waals surface area contributed by atoms with E-state index in [1.165, 1.54) is 18.2 Å². The number of nitrogens with one attached hydrogen (secondary N) is 1. The van der Waals surface area contributed by atoms with Crippen LogP contribution in [0.2, 0.25) is 0 Å². The number of amides is 1. The minimum Gasteiger partial charge on any atom is -0.448 e. The average molecular weight is 400 g/mol. The molecule has 3 aromatic rings. The molecule has 2 heterocycles. The second kappa shape index (κ2) is 8.31. The van der Waals surface area contributed by atoms with Crippen molar-refractivity contribution in [2.45, 2.75) is 13.0 Å². The SMILES string of the molecule is Cc1c(C(=O)NCC(c2ccc(F)cc2)N2CCOCC2)oc2c(F)cccc12. The molecule has 1 aliphatic heterocycles. The largest absolute Gasteiger partial charge is 0.448 e. The van der Waals surface area contributed by atoms with Crippen molar-refractivity contribution < 1.29 is 22.7 Å². The average Bonchev–Trinajstić information content (AvgIpc) is 3.08. The number of morpholine rings is 1. The van der Waals surface area contributed by atoms with Gasteiger partial charge in [-0.25, -0.2) is 8.78 Å². The maximum absolute atomic E-state index is 14.0. The molecule has 152 valence electrons. The minimum absolute atomic E-state index is 0.0819. The summed E-state index contributed by atoms with van der Waals surface area (Å²) in [7, 11) is 0. The van der Waals surface area contributed by atoms with Gasteiger partial charge >= 0.3 is 0 Å². The Morgan fingerprint density at radius 2 is 1.86 bits per heavy atom. The molecule has 0 bridgehead atoms. The summed E-state index contributed by atoms with van der Waals surface area (Å²) in [5, 5.41) is 3.48. The van der Waals surface area contributed by atoms with Gasteiger partial charge < -0.3 is 14.5 Å². The van der Waals surface area contributed by atoms with Crippen LogP contribution in [0.4, 0.5) is 8.78 Å². The fourth-order valence-electron chi connectivity index (χ4n) is 3.73. The molecule has 4 rings (SSSR count). The molecule has 0 saturated carbocycles. The van der Waals surface area contributed by atoms with E-state index in [1.54, 1.807) is 31.2 Å². The smallest absolute Gasteiger partial charge is 0.287 e. The number of carbonyl (C=O) groups excluding carboxylic acids is 1. The van der Waals surface area contributed by atoms with Crippen LogP contribution in [0.3, 0.4) is 0 Å². The maximum Gasteiger partial charge on any atom is 0.287 e. The van der Waals surface area contributed by atoms with E-state index in [9.17, 15) is 13.6 Å². The molecule has 1 saturated heterocycles. The zero-order valence-electron chi connectivity index (χ0n) is 16.1. The molecular formula is C22H22F2N2O3. The highest BCUT2D eigenvalue weighted by atomic mass is 19.1. The predicted octanol–water partition coefficient (Wildman–Crippen LogP) is 3.82. The second-order valence-corrected chi connectivity index (χ2v) is 7.10. The molecule has 5 nitrogen and oxygen atoms in total. The first kappa shape index (κ1) is 19.5. The number of nitrogens with zero attached hydrogens (tertiary/aromatic N) is 1. The quantitative estimate of drug-likeness (QED) is 0.708. The van der Waals surface area contributed by atoms with Crippen LogP contribution < -0.4 is 5.32 Å². The van der Waals surface area contributed by atoms with Crippen molar-refractivity contribution >= 4 is 16.9 Å². The first-order valence-electron chi connectivity index (χ1n) is 9.57. The van der Waals surface area contributed by atoms with Gasteiger partial charge in [0.05, 0.1) is 19.3 Å². The summed E-state index contributed by atoms with van der Waals surface area (Å²) in [5.74, 6) is -1.11. The Morgan fingerprint density at radius 3 is 2.55 bits per heavy atom. The first-order valence-corrected chi connectivity index (χ1v) is 9.57. The number of carbonyl (C=O) groups is 1. The number of para-hydroxylation sites is 1. The summed E-state index contributed by atoms with van der Waals surface area (Å²) < 4.78 is 38.3. The molecule has 1 aromatic heterocycles. The molecule has 1 atom stereocenters. The molecule has 1 N–H and O–H groups in total. The van der Waals surface area contributed by atoms with E-state index in [0.29, 0.717) is 43.8 Å². The lowest BCUT2D eigenvalue weighted by molar-refractivity contribution is 0.0161. The molecule has 0 spiro atoms. The van der Waals surface area contributed by atoms with Crippen LogP contribution in [0.1, 0.15) is 27.7 Å². The van der Waals surface area contributed by atoms with Crippen molar-refractivity contribution in [3.63, 3.8) is 0 Å². The highest BCUT2D eigenvalue weighted by molar-refractivity contribution is 5.99. The van der Waals surface area contributed by atoms with Gasteiger partial charge in [-0.1, -0.05) is 24.3 Å². The lowest BCUT2D eigenvalue weighted by atomic mass is 10.0. The van der Waals surface area contributed by atoms with Crippen LogP contribution >= 0.6 is 0 Å². The van der Waals surface area contributed by atoms with Gasteiger partial charge in [0, 0.05) is 30.6 Å². The monoisotopic (exact) mass is 400 g/mol. The van der Waals surface area contributed by atoms with Crippen molar-refractivity contribution in [3.8, 4) is 0 Å². The molecule has 0 radical (unpaired) electrons. The van der Waals surface area contributed by atoms with Crippen LogP contribution in [-0.4, -0.2) is 43.7 Å². The van der Waals surface area contributed by atoms with Gasteiger partial charge in [0.2, 0.25) is 0 Å². The van der Waals surface area contributed by atoms with Gasteiger partial charge in [-0.2, -0.15) is 0 Å². The summed E-state index contributed by atoms with van der Waals surface area (Å²) in [5.41, 5.74) is 1.58. The summed E-state index contributed by atoms with van der Waals surface area (Å²) >= 11 is 0. The zero-order valence-corrected chi connectivity index (χ0v) is 16.1. The molecule has 2 aromatic carbocycles. The lowest BCUT2D eigenvalue weighted by Crippen LogP contribution is -2.43. The van der Waals surface area contributed by atoms with Crippen LogP contribution in [0, 0.1) is 18.6 Å². The van der Waals surface area contributed by atoms with Gasteiger partial charge in [-0.05, 0) is 30.7 Å². The number of halogens is 2. The molecule has 0 aliphatic carbocycles. The Bertz CT molecular complexity index is 1010. The third-order valence-corrected chi connectivity index (χ3v) is 5.32. The summed E-state index contributed by atoms with van der Waals surface area (Å²) in [6.07, 6.45) is 0. The Kier molecular flexibility index (Phi) is 5.60. The van der Waals surface area contributed by atoms with Crippen LogP contribution in [0.25, 0.3) is 11.0 Å². The van der Waals surface area contributed by atoms with Crippen molar-refractivity contribution in [1.82, 2.24) is 10.2 Å². The van der Waals surface area contributed by atoms with E-state index < -0.39 is 11.7 Å². The molecule has 1 aliphatic rings. The van der Waals surface area contributed by atoms with Gasteiger partial charge in [0.15, 0.2) is 17.2 Å². The number of fused-ring (bicyclic) bond motifs is 1. The van der Waals surface area contributed by atoms with E-state index in [4.69, 9.17) is 9.15 Å². The molecular weight excluding hydrogens is 378 g/mol. The number of ether oxygens (including phenoxy) is 1. The zero-order chi connectivity index (χ0) is 20.4. The summed E-state index contributed by atoms with van der Waals surface area (Å²) in [6.45, 7) is 4.68. The third-order valence-electron chi connectivity index (χ3n) is 5.32. The fraction of sp³-hybridized carbons (Fsp3) is 0.318. The molecule has 29 heavy (non-hydrogen) atoms. The Balaban J connectivity index is 1.55. The number of benzene rings is 2. The number of hydrogen-bond acceptors (Lipinski definition) is 4. The van der Waals surface area contributed by atoms with Crippen LogP contribution in [0.15, 0.2) is 46.9 Å². The van der Waals surface area contributed by atoms with E-state index in [1.807, 2.05) is 0 Å². The molecule has 1 amide bonds. The van der Waals surface area contributed by atoms with Crippen molar-refractivity contribution in [2.75, 3.05) is 32.8 Å². The fourth-order valence-corrected chi connectivity index (χ4v) is 3.73. The van der Waals surface area contributed by atoms with E-state index in [-0.39, 0.29) is 23.2 Å². The topological polar surface area (TPSA) is 54.7 Å². The number of furan rings is 1. The van der Waals surface area contributed by atoms with Gasteiger partial charge in [-0.15, -0.1) is 0 Å². The Labute approximate surface area is 167 Å². The predicted molar refractivity (Wildman–Crippen MR) is 105 cm³/mol. The van der Waals surface area contributed by atoms with Crippen molar-refractivity contribution in [3.05, 3.63) is 71.0 Å². The number of aryl methyl sites for hydroxylation is 1. The summed E-state index contributed by atoms with van der Waals surface area (Å²) in [4.78, 5) is 15.0. The third kappa shape index (κ3) is 4.02. The highest BCUT2D eigenvalue weighted by Crippen LogP contribution is 2.27. The minimum atomic E-state index is -0.498. The van der Waals surface area contributed by atoms with E-state index >= 15 is 0 Å². The molecule has 7 heteroatoms. The second-order valence-electron chi connectivity index (χ2n) is 7.10. The molecule has 1 unspecified atom stereocenters. The van der Waals surface area contributed by atoms with Crippen LogP contribution in [0.5, 0.6) is 0 Å². The number of rotatable bonds is 5.